The second kappa shape index (κ2) is 16.1. The number of aliphatic hydroxyl groups excluding tert-OH is 1. The highest BCUT2D eigenvalue weighted by Crippen LogP contribution is 2.43. The second-order valence-electron chi connectivity index (χ2n) is 15.8. The van der Waals surface area contributed by atoms with Crippen LogP contribution in [0.15, 0.2) is 42.5 Å². The van der Waals surface area contributed by atoms with E-state index in [1.165, 1.54) is 0 Å². The molecule has 2 N–H and O–H groups in total. The fraction of sp³-hybridized carbons (Fsp3) is 0.744. The molecule has 1 aromatic rings. The van der Waals surface area contributed by atoms with E-state index in [1.54, 1.807) is 45.0 Å². The van der Waals surface area contributed by atoms with Crippen molar-refractivity contribution in [3.63, 3.8) is 0 Å². The number of fused-ring (bicyclic) bond motifs is 2. The molecule has 282 valence electrons. The fourth-order valence-corrected chi connectivity index (χ4v) is 8.11. The molecule has 3 aliphatic rings. The smallest absolute Gasteiger partial charge is 0.338 e. The first-order chi connectivity index (χ1) is 23.8. The lowest BCUT2D eigenvalue weighted by atomic mass is 9.74. The molecule has 0 aliphatic carbocycles. The molecule has 4 rings (SSSR count). The van der Waals surface area contributed by atoms with Gasteiger partial charge in [-0.15, -0.1) is 0 Å². The third-order valence-electron chi connectivity index (χ3n) is 10.8. The van der Waals surface area contributed by atoms with Gasteiger partial charge < -0.3 is 43.5 Å². The van der Waals surface area contributed by atoms with E-state index in [0.717, 1.165) is 0 Å². The standard InChI is InChI=1S/C39H61NO10/c1-13-29-23(4)32-26(7)31(49-38(8,9)50-32)21(2)20-39(10,44)34(24(5)30(41)25(6)35(42)46-29)48-37-33(28(40(11)12)19-22(3)45-37)47-36(43)27-17-15-14-16-18-27/h14-18,21-22,24-26,28-34,37,41,44H,4,13,19-20H2,1-3,5-12H3/t21-,22-,24+,25-,26+,28+,29-,30+,31+,32+,33-,34-,37?,39-/m1/s1/i41T. The average molecular weight is 706 g/mol. The van der Waals surface area contributed by atoms with Gasteiger partial charge in [-0.2, -0.15) is 0 Å². The summed E-state index contributed by atoms with van der Waals surface area (Å²) in [6, 6.07) is 8.43. The maximum absolute atomic E-state index is 13.8. The topological polar surface area (TPSA) is 133 Å². The number of aliphatic hydroxyl groups is 2. The Morgan fingerprint density at radius 1 is 1.08 bits per heavy atom. The van der Waals surface area contributed by atoms with Crippen LogP contribution in [-0.2, 0) is 33.2 Å². The lowest BCUT2D eigenvalue weighted by molar-refractivity contribution is -0.326. The van der Waals surface area contributed by atoms with Gasteiger partial charge in [0.1, 0.15) is 6.10 Å². The Morgan fingerprint density at radius 3 is 2.34 bits per heavy atom. The molecule has 0 spiro atoms. The lowest BCUT2D eigenvalue weighted by Crippen LogP contribution is -2.61. The average Bonchev–Trinajstić information content (AvgIpc) is 3.06. The Bertz CT molecular complexity index is 1340. The fourth-order valence-electron chi connectivity index (χ4n) is 8.11. The highest BCUT2D eigenvalue weighted by atomic mass is 16.7. The van der Waals surface area contributed by atoms with Crippen LogP contribution in [0.5, 0.6) is 0 Å². The minimum absolute atomic E-state index is 0.198. The molecule has 3 saturated heterocycles. The molecule has 1 unspecified atom stereocenters. The second-order valence-corrected chi connectivity index (χ2v) is 15.8. The monoisotopic (exact) mass is 705 g/mol. The third-order valence-corrected chi connectivity index (χ3v) is 10.8. The number of carbonyl (C=O) groups excluding carboxylic acids is 2. The van der Waals surface area contributed by atoms with Crippen LogP contribution >= 0.6 is 0 Å². The van der Waals surface area contributed by atoms with Crippen molar-refractivity contribution in [1.29, 1.82) is 1.43 Å². The maximum atomic E-state index is 13.8. The SMILES string of the molecule is [3H]O[C@H]1[C@H](C)[C@@H](OC2O[C@H](C)C[C@H](N(C)C)[C@H]2OC(=O)c2ccccc2)[C@](C)(O)C[C@@H](C)[C@@H]2OC(C)(C)O[C@@H](C(=C)[C@@H](CC)OC(=O)[C@@H]1C)[C@H]2C. The van der Waals surface area contributed by atoms with Crippen molar-refractivity contribution in [3.8, 4) is 0 Å². The van der Waals surface area contributed by atoms with Crippen molar-refractivity contribution in [1.82, 2.24) is 4.90 Å². The summed E-state index contributed by atoms with van der Waals surface area (Å²) in [6.07, 6.45) is -4.65. The third kappa shape index (κ3) is 8.97. The molecule has 3 aliphatic heterocycles. The minimum atomic E-state index is -1.58. The number of carbonyl (C=O) groups is 2. The van der Waals surface area contributed by atoms with Gasteiger partial charge in [0.05, 0.1) is 53.6 Å². The quantitative estimate of drug-likeness (QED) is 0.289. The number of rotatable bonds is 7. The van der Waals surface area contributed by atoms with Crippen LogP contribution in [0.25, 0.3) is 0 Å². The van der Waals surface area contributed by atoms with Gasteiger partial charge in [-0.3, -0.25) is 4.79 Å². The van der Waals surface area contributed by atoms with E-state index in [-0.39, 0.29) is 36.5 Å². The highest BCUT2D eigenvalue weighted by molar-refractivity contribution is 5.89. The zero-order valence-electron chi connectivity index (χ0n) is 32.8. The van der Waals surface area contributed by atoms with Crippen LogP contribution in [0.4, 0.5) is 0 Å². The number of nitrogens with zero attached hydrogens (tertiary/aromatic N) is 1. The van der Waals surface area contributed by atoms with E-state index in [0.29, 0.717) is 24.0 Å². The van der Waals surface area contributed by atoms with E-state index >= 15 is 0 Å². The summed E-state index contributed by atoms with van der Waals surface area (Å²) in [4.78, 5) is 29.2. The number of ether oxygens (including phenoxy) is 6. The molecule has 0 aromatic heterocycles. The minimum Gasteiger partial charge on any atom is -0.457 e. The Labute approximate surface area is 300 Å². The summed E-state index contributed by atoms with van der Waals surface area (Å²) in [5.41, 5.74) is -0.566. The highest BCUT2D eigenvalue weighted by Gasteiger charge is 2.52. The van der Waals surface area contributed by atoms with Gasteiger partial charge >= 0.3 is 11.9 Å². The Kier molecular flexibility index (Phi) is 12.5. The number of likely N-dealkylation sites (N-methyl/N-ethyl adjacent to an activating group) is 1. The van der Waals surface area contributed by atoms with Gasteiger partial charge in [-0.25, -0.2) is 4.79 Å². The van der Waals surface area contributed by atoms with Gasteiger partial charge in [0.2, 0.25) is 1.43 Å². The van der Waals surface area contributed by atoms with Crippen molar-refractivity contribution < 1.29 is 48.2 Å². The van der Waals surface area contributed by atoms with Crippen molar-refractivity contribution in [3.05, 3.63) is 48.0 Å². The maximum Gasteiger partial charge on any atom is 0.338 e. The summed E-state index contributed by atoms with van der Waals surface area (Å²) in [7, 11) is 3.81. The molecular weight excluding hydrogens is 642 g/mol. The Hall–Kier alpha value is -2.38. The number of cyclic esters (lactones) is 1. The van der Waals surface area contributed by atoms with Crippen molar-refractivity contribution >= 4 is 11.9 Å². The molecule has 0 saturated carbocycles. The van der Waals surface area contributed by atoms with E-state index in [2.05, 4.69) is 6.58 Å². The van der Waals surface area contributed by atoms with Gasteiger partial charge in [0, 0.05) is 11.8 Å². The largest absolute Gasteiger partial charge is 0.457 e. The van der Waals surface area contributed by atoms with E-state index < -0.39 is 72.0 Å². The molecule has 50 heavy (non-hydrogen) atoms. The molecule has 3 heterocycles. The predicted molar refractivity (Wildman–Crippen MR) is 188 cm³/mol. The first-order valence-electron chi connectivity index (χ1n) is 18.5. The molecule has 3 fully saturated rings. The number of benzene rings is 1. The van der Waals surface area contributed by atoms with Crippen LogP contribution in [0.1, 0.15) is 91.9 Å². The summed E-state index contributed by atoms with van der Waals surface area (Å²) in [5, 5.41) is 17.9. The number of hydrogen-bond acceptors (Lipinski definition) is 11. The Morgan fingerprint density at radius 2 is 1.74 bits per heavy atom. The van der Waals surface area contributed by atoms with Crippen LogP contribution in [0.3, 0.4) is 0 Å². The summed E-state index contributed by atoms with van der Waals surface area (Å²) in [6.45, 7) is 21.0. The molecule has 11 nitrogen and oxygen atoms in total. The molecule has 0 amide bonds. The summed E-state index contributed by atoms with van der Waals surface area (Å²) in [5.74, 6) is -4.18. The normalized spacial score (nSPS) is 41.9. The molecule has 2 bridgehead atoms. The Balaban J connectivity index is 1.79. The molecular formula is C39H61NO10. The van der Waals surface area contributed by atoms with Crippen molar-refractivity contribution in [2.75, 3.05) is 14.1 Å². The molecule has 0 radical (unpaired) electrons. The van der Waals surface area contributed by atoms with E-state index in [4.69, 9.17) is 35.0 Å². The predicted octanol–water partition coefficient (Wildman–Crippen LogP) is 5.12. The summed E-state index contributed by atoms with van der Waals surface area (Å²) < 4.78 is 46.5. The van der Waals surface area contributed by atoms with Gasteiger partial charge in [-0.05, 0) is 91.6 Å². The zero-order valence-corrected chi connectivity index (χ0v) is 31.8. The van der Waals surface area contributed by atoms with Crippen LogP contribution < -0.4 is 0 Å². The molecule has 11 heteroatoms. The van der Waals surface area contributed by atoms with Crippen LogP contribution in [-0.4, -0.2) is 109 Å². The lowest BCUT2D eigenvalue weighted by Gasteiger charge is -2.50. The van der Waals surface area contributed by atoms with Crippen molar-refractivity contribution in [2.45, 2.75) is 148 Å². The van der Waals surface area contributed by atoms with Gasteiger partial charge in [0.15, 0.2) is 18.2 Å². The summed E-state index contributed by atoms with van der Waals surface area (Å²) >= 11 is 0. The molecule has 1 aromatic carbocycles. The van der Waals surface area contributed by atoms with Gasteiger partial charge in [-0.1, -0.05) is 52.5 Å². The number of hydrogen-bond donors (Lipinski definition) is 2. The molecule has 14 atom stereocenters. The number of esters is 2. The van der Waals surface area contributed by atoms with Crippen LogP contribution in [0.2, 0.25) is 0 Å². The first kappa shape index (κ1) is 38.8. The van der Waals surface area contributed by atoms with E-state index in [1.807, 2.05) is 66.6 Å². The first-order valence-corrected chi connectivity index (χ1v) is 18.1. The van der Waals surface area contributed by atoms with Gasteiger partial charge in [0.25, 0.3) is 0 Å². The van der Waals surface area contributed by atoms with Crippen LogP contribution in [0, 0.1) is 23.7 Å². The van der Waals surface area contributed by atoms with E-state index in [9.17, 15) is 14.7 Å². The zero-order chi connectivity index (χ0) is 38.0. The van der Waals surface area contributed by atoms with Crippen molar-refractivity contribution in [2.24, 2.45) is 23.7 Å².